The van der Waals surface area contributed by atoms with Crippen molar-refractivity contribution in [2.24, 2.45) is 11.8 Å². The molecule has 0 heterocycles. The Morgan fingerprint density at radius 3 is 2.08 bits per heavy atom. The first-order chi connectivity index (χ1) is 12.6. The maximum absolute atomic E-state index is 14.6. The number of hydrogen-bond donors (Lipinski definition) is 0. The van der Waals surface area contributed by atoms with Crippen molar-refractivity contribution in [1.29, 1.82) is 0 Å². The maximum atomic E-state index is 14.6. The Hall–Kier alpha value is -1.41. The molecule has 1 aliphatic rings. The van der Waals surface area contributed by atoms with Gasteiger partial charge in [0.05, 0.1) is 5.56 Å². The van der Waals surface area contributed by atoms with Crippen molar-refractivity contribution in [3.05, 3.63) is 58.6 Å². The van der Waals surface area contributed by atoms with E-state index >= 15 is 0 Å². The minimum absolute atomic E-state index is 0.0358. The predicted octanol–water partition coefficient (Wildman–Crippen LogP) is 7.82. The number of hydrogen-bond acceptors (Lipinski definition) is 0. The standard InChI is InChI=1S/C23H27ClF2/c1-2-3-4-16-5-7-17(8-6-16)13-18-14-21(25)23(22(26)15-18)19-9-11-20(24)12-10-19/h9-12,14-17H,2-8,13H2,1H3. The zero-order valence-electron chi connectivity index (χ0n) is 15.4. The average Bonchev–Trinajstić information content (AvgIpc) is 2.62. The molecule has 0 N–H and O–H groups in total. The topological polar surface area (TPSA) is 0 Å². The number of halogens is 3. The van der Waals surface area contributed by atoms with Gasteiger partial charge in [-0.05, 0) is 66.5 Å². The van der Waals surface area contributed by atoms with Crippen LogP contribution in [0.5, 0.6) is 0 Å². The largest absolute Gasteiger partial charge is 0.206 e. The van der Waals surface area contributed by atoms with Crippen molar-refractivity contribution in [1.82, 2.24) is 0 Å². The number of unbranched alkanes of at least 4 members (excludes halogenated alkanes) is 1. The fourth-order valence-electron chi connectivity index (χ4n) is 4.19. The smallest absolute Gasteiger partial charge is 0.134 e. The molecule has 0 aliphatic heterocycles. The number of rotatable bonds is 6. The summed E-state index contributed by atoms with van der Waals surface area (Å²) < 4.78 is 29.2. The summed E-state index contributed by atoms with van der Waals surface area (Å²) >= 11 is 5.86. The first-order valence-corrected chi connectivity index (χ1v) is 10.2. The minimum atomic E-state index is -0.487. The van der Waals surface area contributed by atoms with E-state index in [9.17, 15) is 8.78 Å². The summed E-state index contributed by atoms with van der Waals surface area (Å²) in [4.78, 5) is 0. The molecule has 0 amide bonds. The third-order valence-electron chi connectivity index (χ3n) is 5.69. The third-order valence-corrected chi connectivity index (χ3v) is 5.94. The van der Waals surface area contributed by atoms with Gasteiger partial charge in [0.1, 0.15) is 11.6 Å². The normalized spacial score (nSPS) is 20.3. The van der Waals surface area contributed by atoms with E-state index in [1.807, 2.05) is 0 Å². The lowest BCUT2D eigenvalue weighted by molar-refractivity contribution is 0.258. The second-order valence-corrected chi connectivity index (χ2v) is 8.11. The lowest BCUT2D eigenvalue weighted by Gasteiger charge is -2.28. The van der Waals surface area contributed by atoms with Gasteiger partial charge in [-0.1, -0.05) is 62.8 Å². The fraction of sp³-hybridized carbons (Fsp3) is 0.478. The lowest BCUT2D eigenvalue weighted by atomic mass is 9.77. The SMILES string of the molecule is CCCCC1CCC(Cc2cc(F)c(-c3ccc(Cl)cc3)c(F)c2)CC1. The summed E-state index contributed by atoms with van der Waals surface area (Å²) in [5, 5.41) is 0.556. The van der Waals surface area contributed by atoms with E-state index in [1.165, 1.54) is 57.1 Å². The van der Waals surface area contributed by atoms with E-state index in [1.54, 1.807) is 24.3 Å². The quantitative estimate of drug-likeness (QED) is 0.482. The fourth-order valence-corrected chi connectivity index (χ4v) is 4.31. The van der Waals surface area contributed by atoms with Crippen LogP contribution in [-0.2, 0) is 6.42 Å². The highest BCUT2D eigenvalue weighted by atomic mass is 35.5. The van der Waals surface area contributed by atoms with Crippen molar-refractivity contribution in [3.63, 3.8) is 0 Å². The van der Waals surface area contributed by atoms with Crippen LogP contribution in [-0.4, -0.2) is 0 Å². The molecular weight excluding hydrogens is 350 g/mol. The van der Waals surface area contributed by atoms with Crippen molar-refractivity contribution in [3.8, 4) is 11.1 Å². The summed E-state index contributed by atoms with van der Waals surface area (Å²) in [7, 11) is 0. The number of benzene rings is 2. The zero-order valence-corrected chi connectivity index (χ0v) is 16.2. The van der Waals surface area contributed by atoms with Crippen molar-refractivity contribution < 1.29 is 8.78 Å². The summed E-state index contributed by atoms with van der Waals surface area (Å²) in [5.74, 6) is 0.429. The third kappa shape index (κ3) is 4.85. The van der Waals surface area contributed by atoms with Gasteiger partial charge in [0.2, 0.25) is 0 Å². The second kappa shape index (κ2) is 8.99. The Morgan fingerprint density at radius 2 is 1.50 bits per heavy atom. The summed E-state index contributed by atoms with van der Waals surface area (Å²) in [5.41, 5.74) is 1.33. The van der Waals surface area contributed by atoms with Gasteiger partial charge in [-0.15, -0.1) is 0 Å². The first kappa shape index (κ1) is 19.4. The molecule has 1 saturated carbocycles. The van der Waals surface area contributed by atoms with Crippen LogP contribution in [0.1, 0.15) is 57.4 Å². The van der Waals surface area contributed by atoms with Gasteiger partial charge in [0.25, 0.3) is 0 Å². The van der Waals surface area contributed by atoms with Crippen LogP contribution >= 0.6 is 11.6 Å². The Kier molecular flexibility index (Phi) is 6.69. The highest BCUT2D eigenvalue weighted by molar-refractivity contribution is 6.30. The zero-order chi connectivity index (χ0) is 18.5. The lowest BCUT2D eigenvalue weighted by Crippen LogP contribution is -2.16. The van der Waals surface area contributed by atoms with Crippen LogP contribution in [0, 0.1) is 23.5 Å². The van der Waals surface area contributed by atoms with Crippen LogP contribution in [0.4, 0.5) is 8.78 Å². The molecule has 26 heavy (non-hydrogen) atoms. The molecule has 0 saturated heterocycles. The molecule has 0 aromatic heterocycles. The van der Waals surface area contributed by atoms with E-state index in [0.717, 1.165) is 17.9 Å². The molecule has 0 atom stereocenters. The van der Waals surface area contributed by atoms with E-state index in [-0.39, 0.29) is 5.56 Å². The highest BCUT2D eigenvalue weighted by Crippen LogP contribution is 2.35. The van der Waals surface area contributed by atoms with Gasteiger partial charge < -0.3 is 0 Å². The summed E-state index contributed by atoms with van der Waals surface area (Å²) in [6.45, 7) is 2.24. The average molecular weight is 377 g/mol. The van der Waals surface area contributed by atoms with E-state index in [4.69, 9.17) is 11.6 Å². The monoisotopic (exact) mass is 376 g/mol. The molecule has 140 valence electrons. The molecule has 2 aromatic rings. The first-order valence-electron chi connectivity index (χ1n) is 9.80. The Labute approximate surface area is 160 Å². The molecule has 0 bridgehead atoms. The predicted molar refractivity (Wildman–Crippen MR) is 105 cm³/mol. The van der Waals surface area contributed by atoms with Crippen molar-refractivity contribution in [2.75, 3.05) is 0 Å². The second-order valence-electron chi connectivity index (χ2n) is 7.67. The van der Waals surface area contributed by atoms with Gasteiger partial charge in [-0.25, -0.2) is 8.78 Å². The van der Waals surface area contributed by atoms with Crippen molar-refractivity contribution in [2.45, 2.75) is 58.3 Å². The Balaban J connectivity index is 1.66. The van der Waals surface area contributed by atoms with Gasteiger partial charge in [0, 0.05) is 5.02 Å². The van der Waals surface area contributed by atoms with Gasteiger partial charge in [-0.3, -0.25) is 0 Å². The molecule has 0 nitrogen and oxygen atoms in total. The molecule has 1 aliphatic carbocycles. The molecular formula is C23H27ClF2. The van der Waals surface area contributed by atoms with Gasteiger partial charge >= 0.3 is 0 Å². The maximum Gasteiger partial charge on any atom is 0.134 e. The van der Waals surface area contributed by atoms with Crippen LogP contribution in [0.3, 0.4) is 0 Å². The van der Waals surface area contributed by atoms with Crippen LogP contribution in [0.2, 0.25) is 5.02 Å². The summed E-state index contributed by atoms with van der Waals surface area (Å²) in [6, 6.07) is 9.63. The molecule has 1 fully saturated rings. The Morgan fingerprint density at radius 1 is 0.923 bits per heavy atom. The van der Waals surface area contributed by atoms with Gasteiger partial charge in [-0.2, -0.15) is 0 Å². The van der Waals surface area contributed by atoms with Crippen LogP contribution in [0.15, 0.2) is 36.4 Å². The van der Waals surface area contributed by atoms with Crippen LogP contribution < -0.4 is 0 Å². The highest BCUT2D eigenvalue weighted by Gasteiger charge is 2.22. The van der Waals surface area contributed by atoms with Crippen molar-refractivity contribution >= 4 is 11.6 Å². The molecule has 3 rings (SSSR count). The van der Waals surface area contributed by atoms with Crippen LogP contribution in [0.25, 0.3) is 11.1 Å². The molecule has 0 unspecified atom stereocenters. The van der Waals surface area contributed by atoms with E-state index in [2.05, 4.69) is 6.92 Å². The van der Waals surface area contributed by atoms with E-state index in [0.29, 0.717) is 16.5 Å². The minimum Gasteiger partial charge on any atom is -0.206 e. The molecule has 2 aromatic carbocycles. The molecule has 0 spiro atoms. The Bertz CT molecular complexity index is 692. The van der Waals surface area contributed by atoms with Gasteiger partial charge in [0.15, 0.2) is 0 Å². The summed E-state index contributed by atoms with van der Waals surface area (Å²) in [6.07, 6.45) is 9.57. The molecule has 0 radical (unpaired) electrons. The molecule has 3 heteroatoms. The van der Waals surface area contributed by atoms with E-state index < -0.39 is 11.6 Å².